The average Bonchev–Trinajstić information content (AvgIpc) is 3.04. The van der Waals surface area contributed by atoms with E-state index in [9.17, 15) is 0 Å². The van der Waals surface area contributed by atoms with Crippen molar-refractivity contribution in [1.29, 1.82) is 0 Å². The van der Waals surface area contributed by atoms with Gasteiger partial charge >= 0.3 is 0 Å². The fourth-order valence-corrected chi connectivity index (χ4v) is 3.73. The molecule has 1 aromatic carbocycles. The molecule has 0 radical (unpaired) electrons. The molecule has 2 unspecified atom stereocenters. The lowest BCUT2D eigenvalue weighted by Gasteiger charge is -2.38. The largest absolute Gasteiger partial charge is 0.368 e. The predicted octanol–water partition coefficient (Wildman–Crippen LogP) is 2.87. The minimum absolute atomic E-state index is 0.380. The number of benzene rings is 1. The zero-order valence-corrected chi connectivity index (χ0v) is 15.5. The predicted molar refractivity (Wildman–Crippen MR) is 103 cm³/mol. The summed E-state index contributed by atoms with van der Waals surface area (Å²) in [5.74, 6) is 1.70. The van der Waals surface area contributed by atoms with Crippen LogP contribution >= 0.6 is 11.6 Å². The molecule has 2 aromatic rings. The Balaban J connectivity index is 1.53. The molecule has 1 aromatic heterocycles. The van der Waals surface area contributed by atoms with E-state index in [4.69, 9.17) is 17.3 Å². The van der Waals surface area contributed by atoms with Crippen LogP contribution < -0.4 is 16.0 Å². The molecule has 1 saturated heterocycles. The molecule has 1 aliphatic heterocycles. The Morgan fingerprint density at radius 2 is 2.16 bits per heavy atom. The summed E-state index contributed by atoms with van der Waals surface area (Å²) in [5, 5.41) is 11.5. The first-order chi connectivity index (χ1) is 12.2. The van der Waals surface area contributed by atoms with E-state index >= 15 is 0 Å². The molecule has 0 aliphatic carbocycles. The highest BCUT2D eigenvalue weighted by Crippen LogP contribution is 2.24. The van der Waals surface area contributed by atoms with Gasteiger partial charge in [-0.2, -0.15) is 4.98 Å². The van der Waals surface area contributed by atoms with Crippen LogP contribution in [0, 0.1) is 5.92 Å². The number of nitrogen functional groups attached to an aromatic ring is 1. The summed E-state index contributed by atoms with van der Waals surface area (Å²) in [6.07, 6.45) is 4.51. The van der Waals surface area contributed by atoms with Gasteiger partial charge in [-0.15, -0.1) is 5.10 Å². The lowest BCUT2D eigenvalue weighted by Crippen LogP contribution is -2.50. The fourth-order valence-electron chi connectivity index (χ4n) is 3.61. The molecule has 2 atom stereocenters. The number of aromatic nitrogens is 3. The van der Waals surface area contributed by atoms with Crippen molar-refractivity contribution in [1.82, 2.24) is 20.5 Å². The fraction of sp³-hybridized carbons (Fsp3) is 0.556. The topological polar surface area (TPSA) is 82.9 Å². The Morgan fingerprint density at radius 3 is 2.84 bits per heavy atom. The van der Waals surface area contributed by atoms with Crippen LogP contribution in [-0.2, 0) is 6.42 Å². The van der Waals surface area contributed by atoms with E-state index in [1.807, 2.05) is 12.1 Å². The molecule has 0 bridgehead atoms. The first kappa shape index (κ1) is 18.0. The highest BCUT2D eigenvalue weighted by molar-refractivity contribution is 6.30. The normalized spacial score (nSPS) is 20.8. The van der Waals surface area contributed by atoms with E-state index in [0.29, 0.717) is 17.9 Å². The molecule has 136 valence electrons. The number of hydrogen-bond acceptors (Lipinski definition) is 5. The molecule has 0 amide bonds. The van der Waals surface area contributed by atoms with E-state index in [-0.39, 0.29) is 0 Å². The molecule has 4 N–H and O–H groups in total. The molecule has 2 heterocycles. The van der Waals surface area contributed by atoms with E-state index < -0.39 is 0 Å². The number of nitrogens with zero attached hydrogens (tertiary/aromatic N) is 3. The Kier molecular flexibility index (Phi) is 6.15. The van der Waals surface area contributed by atoms with Crippen molar-refractivity contribution in [2.45, 2.75) is 38.6 Å². The van der Waals surface area contributed by atoms with Gasteiger partial charge in [0.15, 0.2) is 0 Å². The van der Waals surface area contributed by atoms with Gasteiger partial charge in [0.2, 0.25) is 11.9 Å². The lowest BCUT2D eigenvalue weighted by atomic mass is 9.88. The summed E-state index contributed by atoms with van der Waals surface area (Å²) < 4.78 is 0. The second kappa shape index (κ2) is 8.54. The summed E-state index contributed by atoms with van der Waals surface area (Å²) in [5.41, 5.74) is 6.98. The van der Waals surface area contributed by atoms with Gasteiger partial charge in [-0.1, -0.05) is 37.1 Å². The third-order valence-corrected chi connectivity index (χ3v) is 5.15. The zero-order valence-electron chi connectivity index (χ0n) is 14.7. The minimum Gasteiger partial charge on any atom is -0.368 e. The Labute approximate surface area is 154 Å². The quantitative estimate of drug-likeness (QED) is 0.705. The van der Waals surface area contributed by atoms with Gasteiger partial charge in [-0.25, -0.2) is 5.10 Å². The summed E-state index contributed by atoms with van der Waals surface area (Å²) in [6.45, 7) is 5.16. The van der Waals surface area contributed by atoms with Gasteiger partial charge in [0, 0.05) is 24.2 Å². The zero-order chi connectivity index (χ0) is 17.6. The van der Waals surface area contributed by atoms with Gasteiger partial charge < -0.3 is 16.0 Å². The molecule has 3 rings (SSSR count). The number of aromatic amines is 1. The standard InChI is InChI=1S/C18H27ClN6/c1-2-3-14-12-25(18-22-17(20)23-24-18)11-9-16(14)21-10-8-13-4-6-15(19)7-5-13/h4-7,14,16,21H,2-3,8-12H2,1H3,(H3,20,22,23,24). The number of halogens is 1. The maximum Gasteiger partial charge on any atom is 0.246 e. The second-order valence-electron chi connectivity index (χ2n) is 6.74. The number of hydrogen-bond donors (Lipinski definition) is 3. The van der Waals surface area contributed by atoms with Crippen LogP contribution in [0.15, 0.2) is 24.3 Å². The van der Waals surface area contributed by atoms with E-state index in [1.165, 1.54) is 18.4 Å². The van der Waals surface area contributed by atoms with Crippen LogP contribution in [0.5, 0.6) is 0 Å². The third kappa shape index (κ3) is 4.86. The van der Waals surface area contributed by atoms with Gasteiger partial charge in [0.05, 0.1) is 0 Å². The third-order valence-electron chi connectivity index (χ3n) is 4.90. The summed E-state index contributed by atoms with van der Waals surface area (Å²) in [7, 11) is 0. The highest BCUT2D eigenvalue weighted by atomic mass is 35.5. The van der Waals surface area contributed by atoms with E-state index in [2.05, 4.69) is 44.5 Å². The Hall–Kier alpha value is -1.79. The first-order valence-electron chi connectivity index (χ1n) is 9.06. The molecule has 1 fully saturated rings. The number of piperidine rings is 1. The van der Waals surface area contributed by atoms with Crippen molar-refractivity contribution in [3.05, 3.63) is 34.9 Å². The molecule has 6 nitrogen and oxygen atoms in total. The maximum absolute atomic E-state index is 5.95. The summed E-state index contributed by atoms with van der Waals surface area (Å²) >= 11 is 5.95. The molecule has 0 saturated carbocycles. The number of rotatable bonds is 7. The van der Waals surface area contributed by atoms with Gasteiger partial charge in [0.25, 0.3) is 0 Å². The van der Waals surface area contributed by atoms with Crippen LogP contribution in [-0.4, -0.2) is 40.9 Å². The van der Waals surface area contributed by atoms with E-state index in [1.54, 1.807) is 0 Å². The van der Waals surface area contributed by atoms with Crippen LogP contribution in [0.3, 0.4) is 0 Å². The van der Waals surface area contributed by atoms with Crippen LogP contribution in [0.4, 0.5) is 11.9 Å². The summed E-state index contributed by atoms with van der Waals surface area (Å²) in [4.78, 5) is 6.51. The molecule has 25 heavy (non-hydrogen) atoms. The van der Waals surface area contributed by atoms with Crippen LogP contribution in [0.2, 0.25) is 5.02 Å². The molecule has 7 heteroatoms. The lowest BCUT2D eigenvalue weighted by molar-refractivity contribution is 0.285. The first-order valence-corrected chi connectivity index (χ1v) is 9.44. The van der Waals surface area contributed by atoms with Crippen molar-refractivity contribution in [2.75, 3.05) is 30.3 Å². The monoisotopic (exact) mass is 362 g/mol. The second-order valence-corrected chi connectivity index (χ2v) is 7.18. The van der Waals surface area contributed by atoms with Crippen LogP contribution in [0.1, 0.15) is 31.7 Å². The van der Waals surface area contributed by atoms with Crippen molar-refractivity contribution in [3.8, 4) is 0 Å². The smallest absolute Gasteiger partial charge is 0.246 e. The number of anilines is 2. The van der Waals surface area contributed by atoms with Crippen LogP contribution in [0.25, 0.3) is 0 Å². The maximum atomic E-state index is 5.95. The van der Waals surface area contributed by atoms with Crippen molar-refractivity contribution >= 4 is 23.5 Å². The molecular formula is C18H27ClN6. The Bertz CT molecular complexity index is 656. The SMILES string of the molecule is CCCC1CN(c2n[nH]c(N)n2)CCC1NCCc1ccc(Cl)cc1. The number of nitrogens with one attached hydrogen (secondary N) is 2. The van der Waals surface area contributed by atoms with Gasteiger partial charge in [-0.05, 0) is 49.4 Å². The molecule has 0 spiro atoms. The van der Waals surface area contributed by atoms with Gasteiger partial charge in [0.1, 0.15) is 0 Å². The highest BCUT2D eigenvalue weighted by Gasteiger charge is 2.29. The van der Waals surface area contributed by atoms with Gasteiger partial charge in [-0.3, -0.25) is 0 Å². The van der Waals surface area contributed by atoms with Crippen molar-refractivity contribution in [3.63, 3.8) is 0 Å². The molecule has 1 aliphatic rings. The van der Waals surface area contributed by atoms with Crippen molar-refractivity contribution in [2.24, 2.45) is 5.92 Å². The van der Waals surface area contributed by atoms with Crippen molar-refractivity contribution < 1.29 is 0 Å². The average molecular weight is 363 g/mol. The number of nitrogens with two attached hydrogens (primary N) is 1. The number of H-pyrrole nitrogens is 1. The minimum atomic E-state index is 0.380. The Morgan fingerprint density at radius 1 is 1.36 bits per heavy atom. The van der Waals surface area contributed by atoms with E-state index in [0.717, 1.165) is 43.4 Å². The molecular weight excluding hydrogens is 336 g/mol. The summed E-state index contributed by atoms with van der Waals surface area (Å²) in [6, 6.07) is 8.66.